The zero-order valence-corrected chi connectivity index (χ0v) is 11.0. The Balaban J connectivity index is 1.84. The number of aliphatic carboxylic acids is 1. The van der Waals surface area contributed by atoms with E-state index in [4.69, 9.17) is 5.11 Å². The molecule has 0 bridgehead atoms. The zero-order chi connectivity index (χ0) is 14.5. The first-order valence-electron chi connectivity index (χ1n) is 6.06. The number of carboxylic acids is 1. The highest BCUT2D eigenvalue weighted by molar-refractivity contribution is 5.89. The van der Waals surface area contributed by atoms with Gasteiger partial charge in [0.2, 0.25) is 5.91 Å². The number of carboxylic acid groups (broad SMARTS) is 1. The predicted molar refractivity (Wildman–Crippen MR) is 70.0 cm³/mol. The molecule has 0 aromatic carbocycles. The van der Waals surface area contributed by atoms with Crippen LogP contribution in [-0.4, -0.2) is 36.5 Å². The molecule has 0 saturated heterocycles. The maximum atomic E-state index is 11.7. The number of aryl methyl sites for hydroxylation is 2. The molecule has 20 heavy (non-hydrogen) atoms. The Morgan fingerprint density at radius 2 is 2.20 bits per heavy atom. The van der Waals surface area contributed by atoms with E-state index in [9.17, 15) is 9.59 Å². The Kier molecular flexibility index (Phi) is 4.14. The van der Waals surface area contributed by atoms with Crippen molar-refractivity contribution in [1.29, 1.82) is 0 Å². The van der Waals surface area contributed by atoms with E-state index in [1.165, 1.54) is 10.9 Å². The van der Waals surface area contributed by atoms with E-state index in [1.807, 2.05) is 13.1 Å². The number of hydrogen-bond acceptors (Lipinski definition) is 4. The fraction of sp³-hybridized carbons (Fsp3) is 0.333. The molecular formula is C12H15N5O3. The normalized spacial score (nSPS) is 10.4. The smallest absolute Gasteiger partial charge is 0.325 e. The van der Waals surface area contributed by atoms with Gasteiger partial charge in [0.25, 0.3) is 0 Å². The van der Waals surface area contributed by atoms with Crippen LogP contribution in [0.3, 0.4) is 0 Å². The summed E-state index contributed by atoms with van der Waals surface area (Å²) in [5.41, 5.74) is 0.969. The largest absolute Gasteiger partial charge is 0.480 e. The predicted octanol–water partition coefficient (Wildman–Crippen LogP) is 0.272. The lowest BCUT2D eigenvalue weighted by Crippen LogP contribution is -2.15. The fourth-order valence-corrected chi connectivity index (χ4v) is 1.75. The zero-order valence-electron chi connectivity index (χ0n) is 11.0. The standard InChI is InChI=1S/C12H15N5O3/c1-16-9(4-6-13-16)2-3-11(18)14-10-5-7-17(15-10)8-12(19)20/h4-7H,2-3,8H2,1H3,(H,19,20)(H,14,15,18). The molecule has 2 heterocycles. The van der Waals surface area contributed by atoms with Gasteiger partial charge < -0.3 is 10.4 Å². The first-order valence-corrected chi connectivity index (χ1v) is 6.06. The summed E-state index contributed by atoms with van der Waals surface area (Å²) in [4.78, 5) is 22.3. The quantitative estimate of drug-likeness (QED) is 0.789. The van der Waals surface area contributed by atoms with Crippen LogP contribution in [0, 0.1) is 0 Å². The lowest BCUT2D eigenvalue weighted by atomic mass is 10.2. The van der Waals surface area contributed by atoms with Gasteiger partial charge in [0.1, 0.15) is 6.54 Å². The molecule has 2 N–H and O–H groups in total. The van der Waals surface area contributed by atoms with Gasteiger partial charge >= 0.3 is 5.97 Å². The Hall–Kier alpha value is -2.64. The molecule has 0 radical (unpaired) electrons. The van der Waals surface area contributed by atoms with Gasteiger partial charge in [-0.3, -0.25) is 19.0 Å². The molecular weight excluding hydrogens is 262 g/mol. The number of amides is 1. The lowest BCUT2D eigenvalue weighted by molar-refractivity contribution is -0.137. The number of hydrogen-bond donors (Lipinski definition) is 2. The van der Waals surface area contributed by atoms with Crippen molar-refractivity contribution in [2.45, 2.75) is 19.4 Å². The molecule has 2 rings (SSSR count). The van der Waals surface area contributed by atoms with Crippen LogP contribution < -0.4 is 5.32 Å². The van der Waals surface area contributed by atoms with Crippen molar-refractivity contribution in [3.63, 3.8) is 0 Å². The van der Waals surface area contributed by atoms with Crippen molar-refractivity contribution in [2.75, 3.05) is 5.32 Å². The van der Waals surface area contributed by atoms with Gasteiger partial charge in [0.05, 0.1) is 0 Å². The van der Waals surface area contributed by atoms with E-state index in [-0.39, 0.29) is 12.5 Å². The van der Waals surface area contributed by atoms with Crippen molar-refractivity contribution in [3.05, 3.63) is 30.2 Å². The van der Waals surface area contributed by atoms with E-state index in [2.05, 4.69) is 15.5 Å². The number of anilines is 1. The molecule has 0 saturated carbocycles. The van der Waals surface area contributed by atoms with Gasteiger partial charge in [0, 0.05) is 37.6 Å². The summed E-state index contributed by atoms with van der Waals surface area (Å²) in [5.74, 6) is -0.810. The Labute approximate surface area is 115 Å². The molecule has 106 valence electrons. The van der Waals surface area contributed by atoms with E-state index >= 15 is 0 Å². The van der Waals surface area contributed by atoms with Crippen LogP contribution in [0.1, 0.15) is 12.1 Å². The second-order valence-electron chi connectivity index (χ2n) is 4.29. The number of rotatable bonds is 6. The molecule has 1 amide bonds. The van der Waals surface area contributed by atoms with E-state index in [0.717, 1.165) is 5.69 Å². The molecule has 0 atom stereocenters. The number of nitrogens with one attached hydrogen (secondary N) is 1. The average molecular weight is 277 g/mol. The monoisotopic (exact) mass is 277 g/mol. The van der Waals surface area contributed by atoms with Crippen molar-refractivity contribution in [3.8, 4) is 0 Å². The molecule has 8 nitrogen and oxygen atoms in total. The summed E-state index contributed by atoms with van der Waals surface area (Å²) in [6, 6.07) is 3.42. The summed E-state index contributed by atoms with van der Waals surface area (Å²) >= 11 is 0. The topological polar surface area (TPSA) is 102 Å². The second kappa shape index (κ2) is 6.00. The highest BCUT2D eigenvalue weighted by Crippen LogP contribution is 2.05. The third-order valence-corrected chi connectivity index (χ3v) is 2.74. The lowest BCUT2D eigenvalue weighted by Gasteiger charge is -2.03. The van der Waals surface area contributed by atoms with Crippen molar-refractivity contribution in [2.24, 2.45) is 7.05 Å². The van der Waals surface area contributed by atoms with Crippen LogP contribution in [0.4, 0.5) is 5.82 Å². The molecule has 0 aliphatic rings. The second-order valence-corrected chi connectivity index (χ2v) is 4.29. The number of nitrogens with zero attached hydrogens (tertiary/aromatic N) is 4. The van der Waals surface area contributed by atoms with Crippen LogP contribution in [-0.2, 0) is 29.6 Å². The van der Waals surface area contributed by atoms with E-state index in [0.29, 0.717) is 18.7 Å². The summed E-state index contributed by atoms with van der Waals surface area (Å²) in [7, 11) is 1.82. The van der Waals surface area contributed by atoms with Gasteiger partial charge in [-0.05, 0) is 12.5 Å². The maximum Gasteiger partial charge on any atom is 0.325 e. The Morgan fingerprint density at radius 1 is 1.40 bits per heavy atom. The third-order valence-electron chi connectivity index (χ3n) is 2.74. The minimum absolute atomic E-state index is 0.174. The molecule has 0 aliphatic heterocycles. The van der Waals surface area contributed by atoms with Crippen LogP contribution >= 0.6 is 0 Å². The van der Waals surface area contributed by atoms with Crippen molar-refractivity contribution in [1.82, 2.24) is 19.6 Å². The Morgan fingerprint density at radius 3 is 2.85 bits per heavy atom. The summed E-state index contributed by atoms with van der Waals surface area (Å²) in [5, 5.41) is 19.2. The van der Waals surface area contributed by atoms with Gasteiger partial charge in [-0.1, -0.05) is 0 Å². The molecule has 0 fully saturated rings. The minimum atomic E-state index is -0.984. The third kappa shape index (κ3) is 3.67. The maximum absolute atomic E-state index is 11.7. The first kappa shape index (κ1) is 13.8. The van der Waals surface area contributed by atoms with Crippen molar-refractivity contribution >= 4 is 17.7 Å². The SMILES string of the molecule is Cn1nccc1CCC(=O)Nc1ccn(CC(=O)O)n1. The minimum Gasteiger partial charge on any atom is -0.480 e. The van der Waals surface area contributed by atoms with Crippen molar-refractivity contribution < 1.29 is 14.7 Å². The first-order chi connectivity index (χ1) is 9.54. The van der Waals surface area contributed by atoms with Crippen LogP contribution in [0.25, 0.3) is 0 Å². The highest BCUT2D eigenvalue weighted by Gasteiger charge is 2.08. The number of aromatic nitrogens is 4. The summed E-state index contributed by atoms with van der Waals surface area (Å²) in [6.45, 7) is -0.231. The van der Waals surface area contributed by atoms with Gasteiger partial charge in [-0.25, -0.2) is 0 Å². The van der Waals surface area contributed by atoms with Gasteiger partial charge in [0.15, 0.2) is 5.82 Å². The Bertz CT molecular complexity index is 616. The van der Waals surface area contributed by atoms with Gasteiger partial charge in [-0.2, -0.15) is 10.2 Å². The molecule has 0 spiro atoms. The van der Waals surface area contributed by atoms with Crippen LogP contribution in [0.5, 0.6) is 0 Å². The summed E-state index contributed by atoms with van der Waals surface area (Å²) in [6.07, 6.45) is 4.08. The van der Waals surface area contributed by atoms with Crippen LogP contribution in [0.2, 0.25) is 0 Å². The molecule has 2 aromatic heterocycles. The number of carbonyl (C=O) groups excluding carboxylic acids is 1. The molecule has 0 aliphatic carbocycles. The summed E-state index contributed by atoms with van der Waals surface area (Å²) < 4.78 is 2.97. The van der Waals surface area contributed by atoms with E-state index in [1.54, 1.807) is 16.9 Å². The fourth-order valence-electron chi connectivity index (χ4n) is 1.75. The van der Waals surface area contributed by atoms with Gasteiger partial charge in [-0.15, -0.1) is 0 Å². The van der Waals surface area contributed by atoms with Crippen LogP contribution in [0.15, 0.2) is 24.5 Å². The molecule has 2 aromatic rings. The van der Waals surface area contributed by atoms with E-state index < -0.39 is 5.97 Å². The molecule has 0 unspecified atom stereocenters. The highest BCUT2D eigenvalue weighted by atomic mass is 16.4. The molecule has 8 heteroatoms. The number of carbonyl (C=O) groups is 2. The average Bonchev–Trinajstić information content (AvgIpc) is 2.96.